The van der Waals surface area contributed by atoms with E-state index in [1.807, 2.05) is 0 Å². The van der Waals surface area contributed by atoms with Crippen LogP contribution in [0.15, 0.2) is 68.5 Å². The van der Waals surface area contributed by atoms with Gasteiger partial charge < -0.3 is 9.73 Å². The van der Waals surface area contributed by atoms with Crippen LogP contribution in [-0.4, -0.2) is 17.0 Å². The summed E-state index contributed by atoms with van der Waals surface area (Å²) in [6.45, 7) is 1.45. The van der Waals surface area contributed by atoms with E-state index in [0.717, 1.165) is 0 Å². The van der Waals surface area contributed by atoms with E-state index < -0.39 is 4.92 Å². The Hall–Kier alpha value is -3.26. The van der Waals surface area contributed by atoms with Crippen LogP contribution in [0.2, 0.25) is 0 Å². The highest BCUT2D eigenvalue weighted by Gasteiger charge is 2.12. The highest BCUT2D eigenvalue weighted by atomic mass is 79.9. The Balaban J connectivity index is 1.75. The number of hydrogen-bond donors (Lipinski definition) is 1. The Morgan fingerprint density at radius 2 is 1.93 bits per heavy atom. The van der Waals surface area contributed by atoms with Gasteiger partial charge in [0.05, 0.1) is 16.8 Å². The van der Waals surface area contributed by atoms with E-state index in [-0.39, 0.29) is 11.6 Å². The molecule has 136 valence electrons. The Kier molecular flexibility index (Phi) is 5.46. The lowest BCUT2D eigenvalue weighted by atomic mass is 10.1. The third-order valence-corrected chi connectivity index (χ3v) is 4.24. The standard InChI is InChI=1S/C19H14BrN3O4/c1-12(24)22-14-4-2-13(3-5-14)21-11-16-7-9-19(27-16)17-8-6-15(23(25)26)10-18(17)20/h2-11H,1H3,(H,22,24). The minimum atomic E-state index is -0.452. The fraction of sp³-hybridized carbons (Fsp3) is 0.0526. The second-order valence-electron chi connectivity index (χ2n) is 5.61. The molecule has 0 saturated carbocycles. The molecule has 1 heterocycles. The number of nitro benzene ring substituents is 1. The number of carbonyl (C=O) groups is 1. The van der Waals surface area contributed by atoms with Gasteiger partial charge >= 0.3 is 0 Å². The molecule has 0 bridgehead atoms. The predicted octanol–water partition coefficient (Wildman–Crippen LogP) is 5.33. The van der Waals surface area contributed by atoms with Crippen LogP contribution in [0, 0.1) is 10.1 Å². The van der Waals surface area contributed by atoms with Crippen molar-refractivity contribution in [2.45, 2.75) is 6.92 Å². The van der Waals surface area contributed by atoms with Gasteiger partial charge in [0.25, 0.3) is 5.69 Å². The van der Waals surface area contributed by atoms with Crippen LogP contribution < -0.4 is 5.32 Å². The molecular formula is C19H14BrN3O4. The van der Waals surface area contributed by atoms with Crippen molar-refractivity contribution in [3.8, 4) is 11.3 Å². The number of furan rings is 1. The summed E-state index contributed by atoms with van der Waals surface area (Å²) in [6, 6.07) is 15.1. The number of carbonyl (C=O) groups excluding carboxylic acids is 1. The number of aliphatic imine (C=N–C) groups is 1. The maximum atomic E-state index is 11.0. The number of amides is 1. The van der Waals surface area contributed by atoms with Crippen LogP contribution in [0.25, 0.3) is 11.3 Å². The molecule has 0 spiro atoms. The van der Waals surface area contributed by atoms with Gasteiger partial charge in [0.1, 0.15) is 11.5 Å². The highest BCUT2D eigenvalue weighted by Crippen LogP contribution is 2.32. The van der Waals surface area contributed by atoms with Gasteiger partial charge in [0.15, 0.2) is 0 Å². The molecule has 27 heavy (non-hydrogen) atoms. The van der Waals surface area contributed by atoms with Crippen molar-refractivity contribution in [2.75, 3.05) is 5.32 Å². The van der Waals surface area contributed by atoms with E-state index >= 15 is 0 Å². The summed E-state index contributed by atoms with van der Waals surface area (Å²) in [5.74, 6) is 0.979. The SMILES string of the molecule is CC(=O)Nc1ccc(N=Cc2ccc(-c3ccc([N+](=O)[O-])cc3Br)o2)cc1. The molecule has 0 radical (unpaired) electrons. The van der Waals surface area contributed by atoms with Gasteiger partial charge in [-0.25, -0.2) is 0 Å². The maximum Gasteiger partial charge on any atom is 0.270 e. The molecule has 0 unspecified atom stereocenters. The monoisotopic (exact) mass is 427 g/mol. The summed E-state index contributed by atoms with van der Waals surface area (Å²) in [5.41, 5.74) is 2.12. The number of rotatable bonds is 5. The van der Waals surface area contributed by atoms with Crippen LogP contribution in [0.3, 0.4) is 0 Å². The molecule has 3 aromatic rings. The summed E-state index contributed by atoms with van der Waals surface area (Å²) in [5, 5.41) is 13.5. The third kappa shape index (κ3) is 4.68. The van der Waals surface area contributed by atoms with Crippen LogP contribution in [0.1, 0.15) is 12.7 Å². The normalized spacial score (nSPS) is 10.9. The molecule has 0 aliphatic carbocycles. The molecular weight excluding hydrogens is 414 g/mol. The summed E-state index contributed by atoms with van der Waals surface area (Å²) in [7, 11) is 0. The number of anilines is 1. The topological polar surface area (TPSA) is 97.7 Å². The lowest BCUT2D eigenvalue weighted by molar-refractivity contribution is -0.384. The summed E-state index contributed by atoms with van der Waals surface area (Å²) < 4.78 is 6.32. The van der Waals surface area contributed by atoms with E-state index in [0.29, 0.717) is 32.9 Å². The average Bonchev–Trinajstić information content (AvgIpc) is 3.09. The van der Waals surface area contributed by atoms with Gasteiger partial charge in [0.2, 0.25) is 5.91 Å². The molecule has 8 heteroatoms. The minimum Gasteiger partial charge on any atom is -0.455 e. The molecule has 7 nitrogen and oxygen atoms in total. The predicted molar refractivity (Wildman–Crippen MR) is 106 cm³/mol. The zero-order valence-corrected chi connectivity index (χ0v) is 15.8. The summed E-state index contributed by atoms with van der Waals surface area (Å²) in [6.07, 6.45) is 1.58. The lowest BCUT2D eigenvalue weighted by Crippen LogP contribution is -2.04. The number of halogens is 1. The highest BCUT2D eigenvalue weighted by molar-refractivity contribution is 9.10. The van der Waals surface area contributed by atoms with Crippen molar-refractivity contribution in [3.05, 3.63) is 74.9 Å². The number of nitrogens with one attached hydrogen (secondary N) is 1. The fourth-order valence-electron chi connectivity index (χ4n) is 2.36. The van der Waals surface area contributed by atoms with Crippen molar-refractivity contribution >= 4 is 45.1 Å². The second kappa shape index (κ2) is 7.96. The Bertz CT molecular complexity index is 1030. The van der Waals surface area contributed by atoms with Crippen molar-refractivity contribution in [2.24, 2.45) is 4.99 Å². The average molecular weight is 428 g/mol. The molecule has 0 aliphatic heterocycles. The lowest BCUT2D eigenvalue weighted by Gasteiger charge is -2.01. The third-order valence-electron chi connectivity index (χ3n) is 3.58. The zero-order valence-electron chi connectivity index (χ0n) is 14.2. The summed E-state index contributed by atoms with van der Waals surface area (Å²) >= 11 is 3.33. The quantitative estimate of drug-likeness (QED) is 0.338. The van der Waals surface area contributed by atoms with Crippen LogP contribution in [0.4, 0.5) is 17.1 Å². The van der Waals surface area contributed by atoms with Crippen molar-refractivity contribution < 1.29 is 14.1 Å². The van der Waals surface area contributed by atoms with Gasteiger partial charge in [-0.05, 0) is 58.4 Å². The van der Waals surface area contributed by atoms with E-state index in [2.05, 4.69) is 26.2 Å². The molecule has 2 aromatic carbocycles. The first kappa shape index (κ1) is 18.5. The smallest absolute Gasteiger partial charge is 0.270 e. The van der Waals surface area contributed by atoms with Gasteiger partial charge in [-0.2, -0.15) is 0 Å². The minimum absolute atomic E-state index is 0.00155. The molecule has 3 rings (SSSR count). The fourth-order valence-corrected chi connectivity index (χ4v) is 2.92. The first-order chi connectivity index (χ1) is 12.9. The second-order valence-corrected chi connectivity index (χ2v) is 6.46. The van der Waals surface area contributed by atoms with Gasteiger partial charge in [-0.1, -0.05) is 0 Å². The first-order valence-corrected chi connectivity index (χ1v) is 8.67. The van der Waals surface area contributed by atoms with Crippen molar-refractivity contribution in [1.29, 1.82) is 0 Å². The molecule has 1 amide bonds. The van der Waals surface area contributed by atoms with E-state index in [4.69, 9.17) is 4.42 Å². The Morgan fingerprint density at radius 3 is 2.56 bits per heavy atom. The van der Waals surface area contributed by atoms with Crippen molar-refractivity contribution in [1.82, 2.24) is 0 Å². The van der Waals surface area contributed by atoms with E-state index in [1.54, 1.807) is 48.7 Å². The maximum absolute atomic E-state index is 11.0. The number of hydrogen-bond acceptors (Lipinski definition) is 5. The Labute approximate surface area is 163 Å². The summed E-state index contributed by atoms with van der Waals surface area (Å²) in [4.78, 5) is 25.7. The van der Waals surface area contributed by atoms with Gasteiger partial charge in [-0.15, -0.1) is 0 Å². The number of non-ortho nitro benzene ring substituents is 1. The molecule has 1 aromatic heterocycles. The van der Waals surface area contributed by atoms with Crippen LogP contribution in [0.5, 0.6) is 0 Å². The number of benzene rings is 2. The van der Waals surface area contributed by atoms with Gasteiger partial charge in [0, 0.05) is 34.8 Å². The van der Waals surface area contributed by atoms with Crippen LogP contribution in [-0.2, 0) is 4.79 Å². The van der Waals surface area contributed by atoms with E-state index in [9.17, 15) is 14.9 Å². The van der Waals surface area contributed by atoms with Crippen molar-refractivity contribution in [3.63, 3.8) is 0 Å². The molecule has 0 saturated heterocycles. The number of nitro groups is 1. The van der Waals surface area contributed by atoms with Gasteiger partial charge in [-0.3, -0.25) is 19.9 Å². The molecule has 0 atom stereocenters. The molecule has 0 aliphatic rings. The van der Waals surface area contributed by atoms with E-state index in [1.165, 1.54) is 19.1 Å². The molecule has 0 fully saturated rings. The first-order valence-electron chi connectivity index (χ1n) is 7.88. The number of nitrogens with zero attached hydrogens (tertiary/aromatic N) is 2. The Morgan fingerprint density at radius 1 is 1.19 bits per heavy atom. The molecule has 1 N–H and O–H groups in total. The zero-order chi connectivity index (χ0) is 19.4. The van der Waals surface area contributed by atoms with Crippen LogP contribution >= 0.6 is 15.9 Å². The largest absolute Gasteiger partial charge is 0.455 e.